The summed E-state index contributed by atoms with van der Waals surface area (Å²) in [5.74, 6) is -0.0859. The Labute approximate surface area is 164 Å². The van der Waals surface area contributed by atoms with E-state index in [2.05, 4.69) is 10.2 Å². The van der Waals surface area contributed by atoms with Crippen LogP contribution in [-0.4, -0.2) is 50.6 Å². The number of benzene rings is 2. The van der Waals surface area contributed by atoms with Gasteiger partial charge in [-0.2, -0.15) is 4.31 Å². The minimum absolute atomic E-state index is 0.133. The van der Waals surface area contributed by atoms with Crippen LogP contribution in [0.4, 0.5) is 11.4 Å². The molecule has 1 fully saturated rings. The molecule has 1 saturated heterocycles. The number of hydrogen-bond acceptors (Lipinski definition) is 4. The van der Waals surface area contributed by atoms with Gasteiger partial charge in [0, 0.05) is 48.1 Å². The quantitative estimate of drug-likeness (QED) is 0.826. The van der Waals surface area contributed by atoms with E-state index in [4.69, 9.17) is 11.6 Å². The van der Waals surface area contributed by atoms with E-state index in [1.807, 2.05) is 24.3 Å². The number of halogens is 1. The van der Waals surface area contributed by atoms with E-state index in [0.29, 0.717) is 42.5 Å². The second-order valence-electron chi connectivity index (χ2n) is 6.30. The molecule has 2 aromatic carbocycles. The van der Waals surface area contributed by atoms with Gasteiger partial charge in [-0.25, -0.2) is 8.42 Å². The minimum atomic E-state index is -3.13. The van der Waals surface area contributed by atoms with Crippen molar-refractivity contribution in [1.29, 1.82) is 0 Å². The number of nitrogens with one attached hydrogen (secondary N) is 1. The lowest BCUT2D eigenvalue weighted by Crippen LogP contribution is -2.49. The van der Waals surface area contributed by atoms with Crippen molar-refractivity contribution in [3.8, 4) is 0 Å². The Morgan fingerprint density at radius 3 is 2.33 bits per heavy atom. The first-order chi connectivity index (χ1) is 12.9. The molecule has 0 saturated carbocycles. The van der Waals surface area contributed by atoms with Gasteiger partial charge in [0.05, 0.1) is 5.75 Å². The van der Waals surface area contributed by atoms with Gasteiger partial charge in [-0.05, 0) is 49.4 Å². The Morgan fingerprint density at radius 2 is 1.74 bits per heavy atom. The second-order valence-corrected chi connectivity index (χ2v) is 8.99. The maximum Gasteiger partial charge on any atom is 0.255 e. The summed E-state index contributed by atoms with van der Waals surface area (Å²) in [5.41, 5.74) is 2.19. The molecule has 2 aromatic rings. The molecule has 0 unspecified atom stereocenters. The standard InChI is InChI=1S/C19H22ClN3O3S/c1-2-27(25,26)23-12-10-22(11-13-23)18-8-6-17(7-9-18)21-19(24)15-4-3-5-16(20)14-15/h3-9,14H,2,10-13H2,1H3,(H,21,24). The second kappa shape index (κ2) is 8.29. The molecule has 0 bridgehead atoms. The normalized spacial score (nSPS) is 15.6. The highest BCUT2D eigenvalue weighted by Gasteiger charge is 2.25. The zero-order valence-electron chi connectivity index (χ0n) is 15.1. The van der Waals surface area contributed by atoms with Crippen LogP contribution in [0.5, 0.6) is 0 Å². The van der Waals surface area contributed by atoms with Gasteiger partial charge in [-0.15, -0.1) is 0 Å². The molecule has 1 heterocycles. The molecular formula is C19H22ClN3O3S. The first-order valence-corrected chi connectivity index (χ1v) is 10.8. The topological polar surface area (TPSA) is 69.7 Å². The lowest BCUT2D eigenvalue weighted by atomic mass is 10.2. The third-order valence-corrected chi connectivity index (χ3v) is 6.69. The number of carbonyl (C=O) groups is 1. The summed E-state index contributed by atoms with van der Waals surface area (Å²) in [6.45, 7) is 3.94. The predicted octanol–water partition coefficient (Wildman–Crippen LogP) is 3.06. The Kier molecular flexibility index (Phi) is 6.04. The lowest BCUT2D eigenvalue weighted by molar-refractivity contribution is 0.102. The largest absolute Gasteiger partial charge is 0.369 e. The van der Waals surface area contributed by atoms with E-state index in [1.165, 1.54) is 0 Å². The molecule has 0 aliphatic carbocycles. The van der Waals surface area contributed by atoms with Crippen molar-refractivity contribution in [1.82, 2.24) is 4.31 Å². The molecule has 8 heteroatoms. The van der Waals surface area contributed by atoms with Crippen LogP contribution in [0.25, 0.3) is 0 Å². The van der Waals surface area contributed by atoms with Crippen LogP contribution < -0.4 is 10.2 Å². The molecule has 0 aromatic heterocycles. The van der Waals surface area contributed by atoms with Crippen molar-refractivity contribution >= 4 is 38.9 Å². The number of hydrogen-bond donors (Lipinski definition) is 1. The highest BCUT2D eigenvalue weighted by atomic mass is 35.5. The van der Waals surface area contributed by atoms with Crippen molar-refractivity contribution in [2.75, 3.05) is 42.1 Å². The van der Waals surface area contributed by atoms with Gasteiger partial charge in [0.1, 0.15) is 0 Å². The zero-order chi connectivity index (χ0) is 19.4. The fourth-order valence-electron chi connectivity index (χ4n) is 3.00. The third-order valence-electron chi connectivity index (χ3n) is 4.57. The number of carbonyl (C=O) groups excluding carboxylic acids is 1. The van der Waals surface area contributed by atoms with E-state index in [0.717, 1.165) is 5.69 Å². The molecule has 1 aliphatic heterocycles. The van der Waals surface area contributed by atoms with Crippen molar-refractivity contribution in [2.45, 2.75) is 6.92 Å². The van der Waals surface area contributed by atoms with E-state index in [9.17, 15) is 13.2 Å². The molecule has 6 nitrogen and oxygen atoms in total. The molecular weight excluding hydrogens is 386 g/mol. The van der Waals surface area contributed by atoms with Gasteiger partial charge in [0.25, 0.3) is 5.91 Å². The van der Waals surface area contributed by atoms with Crippen LogP contribution in [0.3, 0.4) is 0 Å². The van der Waals surface area contributed by atoms with E-state index in [1.54, 1.807) is 35.5 Å². The molecule has 27 heavy (non-hydrogen) atoms. The van der Waals surface area contributed by atoms with E-state index < -0.39 is 10.0 Å². The number of amides is 1. The van der Waals surface area contributed by atoms with Gasteiger partial charge >= 0.3 is 0 Å². The Hall–Kier alpha value is -2.09. The first-order valence-electron chi connectivity index (χ1n) is 8.79. The maximum atomic E-state index is 12.3. The predicted molar refractivity (Wildman–Crippen MR) is 109 cm³/mol. The summed E-state index contributed by atoms with van der Waals surface area (Å²) in [6, 6.07) is 14.3. The molecule has 3 rings (SSSR count). The minimum Gasteiger partial charge on any atom is -0.369 e. The summed E-state index contributed by atoms with van der Waals surface area (Å²) >= 11 is 5.92. The molecule has 144 valence electrons. The Balaban J connectivity index is 1.60. The van der Waals surface area contributed by atoms with E-state index >= 15 is 0 Å². The maximum absolute atomic E-state index is 12.3. The highest BCUT2D eigenvalue weighted by Crippen LogP contribution is 2.21. The number of sulfonamides is 1. The van der Waals surface area contributed by atoms with Crippen LogP contribution in [0.1, 0.15) is 17.3 Å². The lowest BCUT2D eigenvalue weighted by Gasteiger charge is -2.35. The highest BCUT2D eigenvalue weighted by molar-refractivity contribution is 7.89. The third kappa shape index (κ3) is 4.80. The van der Waals surface area contributed by atoms with Crippen LogP contribution in [0.2, 0.25) is 5.02 Å². The van der Waals surface area contributed by atoms with Crippen molar-refractivity contribution in [2.24, 2.45) is 0 Å². The number of nitrogens with zero attached hydrogens (tertiary/aromatic N) is 2. The van der Waals surface area contributed by atoms with Gasteiger partial charge in [0.15, 0.2) is 0 Å². The number of piperazine rings is 1. The fourth-order valence-corrected chi connectivity index (χ4v) is 4.27. The number of rotatable bonds is 5. The fraction of sp³-hybridized carbons (Fsp3) is 0.316. The van der Waals surface area contributed by atoms with E-state index in [-0.39, 0.29) is 11.7 Å². The summed E-state index contributed by atoms with van der Waals surface area (Å²) in [4.78, 5) is 14.4. The van der Waals surface area contributed by atoms with Gasteiger partial charge < -0.3 is 10.2 Å². The molecule has 0 radical (unpaired) electrons. The SMILES string of the molecule is CCS(=O)(=O)N1CCN(c2ccc(NC(=O)c3cccc(Cl)c3)cc2)CC1. The van der Waals surface area contributed by atoms with Gasteiger partial charge in [-0.3, -0.25) is 4.79 Å². The summed E-state index contributed by atoms with van der Waals surface area (Å²) in [7, 11) is -3.13. The van der Waals surface area contributed by atoms with Crippen LogP contribution in [0, 0.1) is 0 Å². The van der Waals surface area contributed by atoms with Crippen molar-refractivity contribution < 1.29 is 13.2 Å². The van der Waals surface area contributed by atoms with Crippen molar-refractivity contribution in [3.63, 3.8) is 0 Å². The zero-order valence-corrected chi connectivity index (χ0v) is 16.6. The monoisotopic (exact) mass is 407 g/mol. The average molecular weight is 408 g/mol. The average Bonchev–Trinajstić information content (AvgIpc) is 2.68. The first kappa shape index (κ1) is 19.7. The Bertz CT molecular complexity index is 908. The van der Waals surface area contributed by atoms with Crippen LogP contribution in [-0.2, 0) is 10.0 Å². The smallest absolute Gasteiger partial charge is 0.255 e. The van der Waals surface area contributed by atoms with Gasteiger partial charge in [-0.1, -0.05) is 17.7 Å². The van der Waals surface area contributed by atoms with Crippen molar-refractivity contribution in [3.05, 3.63) is 59.1 Å². The molecule has 1 aliphatic rings. The molecule has 0 spiro atoms. The summed E-state index contributed by atoms with van der Waals surface area (Å²) in [6.07, 6.45) is 0. The molecule has 1 amide bonds. The summed E-state index contributed by atoms with van der Waals surface area (Å²) < 4.78 is 25.4. The Morgan fingerprint density at radius 1 is 1.07 bits per heavy atom. The van der Waals surface area contributed by atoms with Crippen LogP contribution >= 0.6 is 11.6 Å². The van der Waals surface area contributed by atoms with Gasteiger partial charge in [0.2, 0.25) is 10.0 Å². The number of anilines is 2. The molecule has 1 N–H and O–H groups in total. The van der Waals surface area contributed by atoms with Crippen LogP contribution in [0.15, 0.2) is 48.5 Å². The molecule has 0 atom stereocenters. The summed E-state index contributed by atoms with van der Waals surface area (Å²) in [5, 5.41) is 3.36.